The number of urea groups is 1. The number of hydrogen-bond acceptors (Lipinski definition) is 3. The number of carbonyl (C=O) groups excluding carboxylic acids is 1. The average molecular weight is 295 g/mol. The second-order valence-corrected chi connectivity index (χ2v) is 5.91. The Balaban J connectivity index is 1.60. The second kappa shape index (κ2) is 9.05. The van der Waals surface area contributed by atoms with E-state index in [0.717, 1.165) is 52.3 Å². The Morgan fingerprint density at radius 3 is 2.76 bits per heavy atom. The van der Waals surface area contributed by atoms with Crippen LogP contribution in [0.3, 0.4) is 0 Å². The third-order valence-corrected chi connectivity index (χ3v) is 4.38. The molecule has 0 unspecified atom stereocenters. The van der Waals surface area contributed by atoms with E-state index in [0.29, 0.717) is 0 Å². The SMILES string of the molecule is COCCN1CCN(C(=O)NCCC2=CCCCC2)CC1. The number of allylic oxidation sites excluding steroid dienone is 1. The van der Waals surface area contributed by atoms with Crippen LogP contribution >= 0.6 is 0 Å². The van der Waals surface area contributed by atoms with E-state index in [2.05, 4.69) is 16.3 Å². The van der Waals surface area contributed by atoms with Gasteiger partial charge < -0.3 is 15.0 Å². The van der Waals surface area contributed by atoms with E-state index in [4.69, 9.17) is 4.74 Å². The highest BCUT2D eigenvalue weighted by molar-refractivity contribution is 5.74. The van der Waals surface area contributed by atoms with Crippen molar-refractivity contribution in [3.63, 3.8) is 0 Å². The minimum absolute atomic E-state index is 0.0952. The molecular weight excluding hydrogens is 266 g/mol. The first-order valence-corrected chi connectivity index (χ1v) is 8.21. The highest BCUT2D eigenvalue weighted by Gasteiger charge is 2.20. The molecule has 1 saturated heterocycles. The fraction of sp³-hybridized carbons (Fsp3) is 0.812. The third kappa shape index (κ3) is 5.67. The van der Waals surface area contributed by atoms with Gasteiger partial charge in [-0.2, -0.15) is 0 Å². The first kappa shape index (κ1) is 16.3. The Morgan fingerprint density at radius 2 is 2.10 bits per heavy atom. The first-order valence-electron chi connectivity index (χ1n) is 8.21. The zero-order valence-electron chi connectivity index (χ0n) is 13.3. The van der Waals surface area contributed by atoms with Gasteiger partial charge in [0.05, 0.1) is 6.61 Å². The molecule has 0 aromatic carbocycles. The van der Waals surface area contributed by atoms with Crippen molar-refractivity contribution in [2.24, 2.45) is 0 Å². The number of ether oxygens (including phenoxy) is 1. The lowest BCUT2D eigenvalue weighted by Crippen LogP contribution is -2.52. The molecule has 1 fully saturated rings. The summed E-state index contributed by atoms with van der Waals surface area (Å²) < 4.78 is 5.09. The second-order valence-electron chi connectivity index (χ2n) is 5.91. The largest absolute Gasteiger partial charge is 0.383 e. The topological polar surface area (TPSA) is 44.8 Å². The van der Waals surface area contributed by atoms with Crippen LogP contribution in [0.5, 0.6) is 0 Å². The fourth-order valence-corrected chi connectivity index (χ4v) is 2.97. The molecule has 120 valence electrons. The fourth-order valence-electron chi connectivity index (χ4n) is 2.97. The minimum Gasteiger partial charge on any atom is -0.383 e. The lowest BCUT2D eigenvalue weighted by molar-refractivity contribution is 0.106. The van der Waals surface area contributed by atoms with E-state index in [1.807, 2.05) is 4.90 Å². The molecule has 5 nitrogen and oxygen atoms in total. The van der Waals surface area contributed by atoms with Gasteiger partial charge in [-0.05, 0) is 32.1 Å². The summed E-state index contributed by atoms with van der Waals surface area (Å²) in [5.74, 6) is 0. The van der Waals surface area contributed by atoms with Gasteiger partial charge in [0.1, 0.15) is 0 Å². The predicted octanol–water partition coefficient (Wildman–Crippen LogP) is 1.85. The van der Waals surface area contributed by atoms with Crippen molar-refractivity contribution in [1.29, 1.82) is 0 Å². The van der Waals surface area contributed by atoms with Crippen LogP contribution in [0.1, 0.15) is 32.1 Å². The number of rotatable bonds is 6. The molecule has 1 aliphatic heterocycles. The molecule has 1 heterocycles. The molecule has 0 spiro atoms. The van der Waals surface area contributed by atoms with Crippen molar-refractivity contribution in [1.82, 2.24) is 15.1 Å². The van der Waals surface area contributed by atoms with Gasteiger partial charge in [-0.3, -0.25) is 4.90 Å². The maximum atomic E-state index is 12.1. The molecule has 2 amide bonds. The Bertz CT molecular complexity index is 349. The normalized spacial score (nSPS) is 20.2. The smallest absolute Gasteiger partial charge is 0.317 e. The van der Waals surface area contributed by atoms with Crippen molar-refractivity contribution in [3.05, 3.63) is 11.6 Å². The number of nitrogens with one attached hydrogen (secondary N) is 1. The van der Waals surface area contributed by atoms with Crippen molar-refractivity contribution in [3.8, 4) is 0 Å². The van der Waals surface area contributed by atoms with Crippen molar-refractivity contribution in [2.75, 3.05) is 53.0 Å². The summed E-state index contributed by atoms with van der Waals surface area (Å²) >= 11 is 0. The van der Waals surface area contributed by atoms with Gasteiger partial charge in [-0.1, -0.05) is 11.6 Å². The molecule has 2 rings (SSSR count). The van der Waals surface area contributed by atoms with E-state index in [-0.39, 0.29) is 6.03 Å². The molecule has 5 heteroatoms. The maximum Gasteiger partial charge on any atom is 0.317 e. The first-order chi connectivity index (χ1) is 10.3. The number of methoxy groups -OCH3 is 1. The van der Waals surface area contributed by atoms with Crippen LogP contribution in [0.4, 0.5) is 4.79 Å². The third-order valence-electron chi connectivity index (χ3n) is 4.38. The standard InChI is InChI=1S/C16H29N3O2/c1-21-14-13-18-9-11-19(12-10-18)16(20)17-8-7-15-5-3-2-4-6-15/h5H,2-4,6-14H2,1H3,(H,17,20). The van der Waals surface area contributed by atoms with Crippen molar-refractivity contribution >= 4 is 6.03 Å². The van der Waals surface area contributed by atoms with Crippen LogP contribution in [0, 0.1) is 0 Å². The molecule has 0 aromatic heterocycles. The van der Waals surface area contributed by atoms with Crippen molar-refractivity contribution < 1.29 is 9.53 Å². The zero-order chi connectivity index (χ0) is 14.9. The van der Waals surface area contributed by atoms with Gasteiger partial charge in [0, 0.05) is 46.4 Å². The minimum atomic E-state index is 0.0952. The lowest BCUT2D eigenvalue weighted by Gasteiger charge is -2.34. The maximum absolute atomic E-state index is 12.1. The molecule has 0 bridgehead atoms. The molecule has 1 aliphatic carbocycles. The van der Waals surface area contributed by atoms with E-state index >= 15 is 0 Å². The Morgan fingerprint density at radius 1 is 1.29 bits per heavy atom. The van der Waals surface area contributed by atoms with E-state index in [1.54, 1.807) is 7.11 Å². The number of piperazine rings is 1. The summed E-state index contributed by atoms with van der Waals surface area (Å²) in [6.45, 7) is 6.02. The van der Waals surface area contributed by atoms with E-state index in [1.165, 1.54) is 31.3 Å². The molecule has 0 atom stereocenters. The zero-order valence-corrected chi connectivity index (χ0v) is 13.3. The summed E-state index contributed by atoms with van der Waals surface area (Å²) in [5.41, 5.74) is 1.52. The summed E-state index contributed by atoms with van der Waals surface area (Å²) in [7, 11) is 1.73. The number of amides is 2. The molecular formula is C16H29N3O2. The van der Waals surface area contributed by atoms with Crippen LogP contribution in [0.25, 0.3) is 0 Å². The number of nitrogens with zero attached hydrogens (tertiary/aromatic N) is 2. The summed E-state index contributed by atoms with van der Waals surface area (Å²) in [6, 6.07) is 0.0952. The molecule has 0 radical (unpaired) electrons. The van der Waals surface area contributed by atoms with Gasteiger partial charge in [0.15, 0.2) is 0 Å². The molecule has 1 N–H and O–H groups in total. The lowest BCUT2D eigenvalue weighted by atomic mass is 9.97. The van der Waals surface area contributed by atoms with Gasteiger partial charge in [-0.15, -0.1) is 0 Å². The molecule has 0 aromatic rings. The van der Waals surface area contributed by atoms with Crippen molar-refractivity contribution in [2.45, 2.75) is 32.1 Å². The summed E-state index contributed by atoms with van der Waals surface area (Å²) in [5, 5.41) is 3.06. The molecule has 21 heavy (non-hydrogen) atoms. The van der Waals surface area contributed by atoms with Crippen LogP contribution in [0.2, 0.25) is 0 Å². The van der Waals surface area contributed by atoms with Crippen LogP contribution in [-0.4, -0.2) is 68.8 Å². The summed E-state index contributed by atoms with van der Waals surface area (Å²) in [6.07, 6.45) is 8.43. The van der Waals surface area contributed by atoms with Crippen LogP contribution in [0.15, 0.2) is 11.6 Å². The Labute approximate surface area is 128 Å². The number of hydrogen-bond donors (Lipinski definition) is 1. The number of carbonyl (C=O) groups is 1. The van der Waals surface area contributed by atoms with Gasteiger partial charge in [0.25, 0.3) is 0 Å². The Hall–Kier alpha value is -1.07. The van der Waals surface area contributed by atoms with E-state index < -0.39 is 0 Å². The highest BCUT2D eigenvalue weighted by atomic mass is 16.5. The molecule has 0 saturated carbocycles. The average Bonchev–Trinajstić information content (AvgIpc) is 2.54. The van der Waals surface area contributed by atoms with Gasteiger partial charge in [0.2, 0.25) is 0 Å². The predicted molar refractivity (Wildman–Crippen MR) is 84.5 cm³/mol. The highest BCUT2D eigenvalue weighted by Crippen LogP contribution is 2.19. The molecule has 2 aliphatic rings. The monoisotopic (exact) mass is 295 g/mol. The van der Waals surface area contributed by atoms with Gasteiger partial charge in [-0.25, -0.2) is 4.79 Å². The summed E-state index contributed by atoms with van der Waals surface area (Å²) in [4.78, 5) is 16.4. The van der Waals surface area contributed by atoms with Crippen LogP contribution in [-0.2, 0) is 4.74 Å². The quantitative estimate of drug-likeness (QED) is 0.761. The van der Waals surface area contributed by atoms with Gasteiger partial charge >= 0.3 is 6.03 Å². The van der Waals surface area contributed by atoms with Crippen LogP contribution < -0.4 is 5.32 Å². The van der Waals surface area contributed by atoms with E-state index in [9.17, 15) is 4.79 Å². The Kier molecular flexibility index (Phi) is 7.03.